The molecular formula is C14H17NS. The molecule has 0 aliphatic heterocycles. The molecular weight excluding hydrogens is 214 g/mol. The second-order valence-corrected chi connectivity index (χ2v) is 6.01. The van der Waals surface area contributed by atoms with Gasteiger partial charge in [-0.3, -0.25) is 0 Å². The lowest BCUT2D eigenvalue weighted by Gasteiger charge is -2.19. The quantitative estimate of drug-likeness (QED) is 0.778. The van der Waals surface area contributed by atoms with E-state index >= 15 is 0 Å². The molecule has 0 atom stereocenters. The molecule has 0 aliphatic carbocycles. The number of anilines is 1. The number of hydrogen-bond donors (Lipinski definition) is 1. The highest BCUT2D eigenvalue weighted by Gasteiger charge is 2.13. The van der Waals surface area contributed by atoms with Gasteiger partial charge in [0, 0.05) is 5.38 Å². The first-order valence-corrected chi connectivity index (χ1v) is 6.30. The van der Waals surface area contributed by atoms with E-state index < -0.39 is 0 Å². The zero-order valence-corrected chi connectivity index (χ0v) is 10.8. The minimum absolute atomic E-state index is 0.214. The minimum Gasteiger partial charge on any atom is -0.391 e. The molecule has 2 N–H and O–H groups in total. The normalized spacial score (nSPS) is 11.7. The third kappa shape index (κ3) is 2.27. The van der Waals surface area contributed by atoms with Crippen LogP contribution in [-0.2, 0) is 5.41 Å². The number of nitrogen functional groups attached to an aromatic ring is 1. The predicted molar refractivity (Wildman–Crippen MR) is 72.9 cm³/mol. The summed E-state index contributed by atoms with van der Waals surface area (Å²) in [7, 11) is 0. The van der Waals surface area contributed by atoms with Crippen LogP contribution in [0.15, 0.2) is 35.7 Å². The molecule has 0 unspecified atom stereocenters. The van der Waals surface area contributed by atoms with Crippen molar-refractivity contribution in [1.29, 1.82) is 0 Å². The molecule has 2 heteroatoms. The van der Waals surface area contributed by atoms with Crippen LogP contribution in [0.4, 0.5) is 5.00 Å². The van der Waals surface area contributed by atoms with Crippen LogP contribution >= 0.6 is 11.3 Å². The van der Waals surface area contributed by atoms with Gasteiger partial charge in [0.1, 0.15) is 0 Å². The Bertz CT molecular complexity index is 474. The predicted octanol–water partition coefficient (Wildman–Crippen LogP) is 4.29. The third-order valence-electron chi connectivity index (χ3n) is 2.70. The number of nitrogens with two attached hydrogens (primary N) is 1. The summed E-state index contributed by atoms with van der Waals surface area (Å²) in [6.45, 7) is 6.68. The Kier molecular flexibility index (Phi) is 2.76. The van der Waals surface area contributed by atoms with Crippen molar-refractivity contribution < 1.29 is 0 Å². The van der Waals surface area contributed by atoms with E-state index in [0.29, 0.717) is 0 Å². The SMILES string of the molecule is CC(C)(C)c1ccc(-c2csc(N)c2)cc1. The van der Waals surface area contributed by atoms with Crippen molar-refractivity contribution in [2.45, 2.75) is 26.2 Å². The van der Waals surface area contributed by atoms with Gasteiger partial charge in [-0.1, -0.05) is 45.0 Å². The van der Waals surface area contributed by atoms with Gasteiger partial charge in [-0.25, -0.2) is 0 Å². The van der Waals surface area contributed by atoms with Crippen molar-refractivity contribution >= 4 is 16.3 Å². The smallest absolute Gasteiger partial charge is 0.0862 e. The summed E-state index contributed by atoms with van der Waals surface area (Å²) in [4.78, 5) is 0. The van der Waals surface area contributed by atoms with Gasteiger partial charge in [0.25, 0.3) is 0 Å². The number of benzene rings is 1. The first-order chi connectivity index (χ1) is 7.47. The first kappa shape index (κ1) is 11.2. The number of hydrogen-bond acceptors (Lipinski definition) is 2. The van der Waals surface area contributed by atoms with Crippen molar-refractivity contribution in [3.63, 3.8) is 0 Å². The lowest BCUT2D eigenvalue weighted by atomic mass is 9.86. The molecule has 0 saturated heterocycles. The molecule has 1 heterocycles. The lowest BCUT2D eigenvalue weighted by Crippen LogP contribution is -2.10. The fourth-order valence-corrected chi connectivity index (χ4v) is 2.33. The maximum Gasteiger partial charge on any atom is 0.0862 e. The summed E-state index contributed by atoms with van der Waals surface area (Å²) in [6.07, 6.45) is 0. The highest BCUT2D eigenvalue weighted by atomic mass is 32.1. The van der Waals surface area contributed by atoms with Gasteiger partial charge in [0.05, 0.1) is 5.00 Å². The fourth-order valence-electron chi connectivity index (χ4n) is 1.67. The molecule has 2 aromatic rings. The Morgan fingerprint density at radius 2 is 1.62 bits per heavy atom. The largest absolute Gasteiger partial charge is 0.391 e. The molecule has 16 heavy (non-hydrogen) atoms. The molecule has 0 aliphatic rings. The molecule has 0 saturated carbocycles. The lowest BCUT2D eigenvalue weighted by molar-refractivity contribution is 0.590. The van der Waals surface area contributed by atoms with Gasteiger partial charge >= 0.3 is 0 Å². The summed E-state index contributed by atoms with van der Waals surface area (Å²) >= 11 is 1.59. The highest BCUT2D eigenvalue weighted by molar-refractivity contribution is 7.14. The van der Waals surface area contributed by atoms with Crippen LogP contribution in [0.5, 0.6) is 0 Å². The van der Waals surface area contributed by atoms with Gasteiger partial charge in [-0.2, -0.15) is 0 Å². The molecule has 0 spiro atoms. The van der Waals surface area contributed by atoms with Crippen molar-refractivity contribution in [1.82, 2.24) is 0 Å². The first-order valence-electron chi connectivity index (χ1n) is 5.42. The molecule has 0 amide bonds. The van der Waals surface area contributed by atoms with Crippen LogP contribution in [0.1, 0.15) is 26.3 Å². The van der Waals surface area contributed by atoms with Gasteiger partial charge in [0.15, 0.2) is 0 Å². The molecule has 0 fully saturated rings. The Hall–Kier alpha value is -1.28. The fraction of sp³-hybridized carbons (Fsp3) is 0.286. The number of rotatable bonds is 1. The molecule has 1 nitrogen and oxygen atoms in total. The van der Waals surface area contributed by atoms with Crippen LogP contribution in [0.3, 0.4) is 0 Å². The molecule has 84 valence electrons. The molecule has 0 bridgehead atoms. The van der Waals surface area contributed by atoms with Crippen LogP contribution < -0.4 is 5.73 Å². The van der Waals surface area contributed by atoms with E-state index in [1.807, 2.05) is 6.07 Å². The molecule has 2 rings (SSSR count). The monoisotopic (exact) mass is 231 g/mol. The zero-order valence-electron chi connectivity index (χ0n) is 9.95. The van der Waals surface area contributed by atoms with Crippen LogP contribution in [0, 0.1) is 0 Å². The topological polar surface area (TPSA) is 26.0 Å². The van der Waals surface area contributed by atoms with Gasteiger partial charge < -0.3 is 5.73 Å². The van der Waals surface area contributed by atoms with E-state index in [2.05, 4.69) is 50.4 Å². The molecule has 0 radical (unpaired) electrons. The summed E-state index contributed by atoms with van der Waals surface area (Å²) in [5.74, 6) is 0. The summed E-state index contributed by atoms with van der Waals surface area (Å²) in [5, 5.41) is 2.97. The van der Waals surface area contributed by atoms with Gasteiger partial charge in [0.2, 0.25) is 0 Å². The Morgan fingerprint density at radius 3 is 2.06 bits per heavy atom. The van der Waals surface area contributed by atoms with E-state index in [4.69, 9.17) is 5.73 Å². The van der Waals surface area contributed by atoms with Gasteiger partial charge in [-0.15, -0.1) is 11.3 Å². The second-order valence-electron chi connectivity index (χ2n) is 5.07. The summed E-state index contributed by atoms with van der Waals surface area (Å²) < 4.78 is 0. The van der Waals surface area contributed by atoms with Crippen molar-refractivity contribution in [2.75, 3.05) is 5.73 Å². The molecule has 1 aromatic heterocycles. The Morgan fingerprint density at radius 1 is 1.00 bits per heavy atom. The van der Waals surface area contributed by atoms with Gasteiger partial charge in [-0.05, 0) is 28.2 Å². The van der Waals surface area contributed by atoms with Crippen LogP contribution in [0.2, 0.25) is 0 Å². The van der Waals surface area contributed by atoms with E-state index in [1.165, 1.54) is 16.7 Å². The van der Waals surface area contributed by atoms with Crippen LogP contribution in [-0.4, -0.2) is 0 Å². The minimum atomic E-state index is 0.214. The van der Waals surface area contributed by atoms with E-state index in [9.17, 15) is 0 Å². The average molecular weight is 231 g/mol. The number of thiophene rings is 1. The zero-order chi connectivity index (χ0) is 11.8. The van der Waals surface area contributed by atoms with Crippen LogP contribution in [0.25, 0.3) is 11.1 Å². The van der Waals surface area contributed by atoms with Crippen molar-refractivity contribution in [3.8, 4) is 11.1 Å². The summed E-state index contributed by atoms with van der Waals surface area (Å²) in [5.41, 5.74) is 9.76. The Balaban J connectivity index is 2.33. The second kappa shape index (κ2) is 3.95. The third-order valence-corrected chi connectivity index (χ3v) is 3.47. The standard InChI is InChI=1S/C14H17NS/c1-14(2,3)12-6-4-10(5-7-12)11-8-13(15)16-9-11/h4-9H,15H2,1-3H3. The van der Waals surface area contributed by atoms with E-state index in [0.717, 1.165) is 5.00 Å². The Labute approximate surface area is 101 Å². The van der Waals surface area contributed by atoms with E-state index in [1.54, 1.807) is 11.3 Å². The maximum absolute atomic E-state index is 5.73. The van der Waals surface area contributed by atoms with E-state index in [-0.39, 0.29) is 5.41 Å². The summed E-state index contributed by atoms with van der Waals surface area (Å²) in [6, 6.07) is 10.8. The highest BCUT2D eigenvalue weighted by Crippen LogP contribution is 2.29. The maximum atomic E-state index is 5.73. The van der Waals surface area contributed by atoms with Crippen molar-refractivity contribution in [3.05, 3.63) is 41.3 Å². The average Bonchev–Trinajstić information content (AvgIpc) is 2.64. The van der Waals surface area contributed by atoms with Crippen molar-refractivity contribution in [2.24, 2.45) is 0 Å². The molecule has 1 aromatic carbocycles.